The van der Waals surface area contributed by atoms with E-state index in [4.69, 9.17) is 4.74 Å². The fraction of sp³-hybridized carbons (Fsp3) is 0.500. The van der Waals surface area contributed by atoms with E-state index in [1.54, 1.807) is 0 Å². The SMILES string of the molecule is CC(NCCc1nnc2n1CCCCC2)C1=Cc2ccccc2OC1. The van der Waals surface area contributed by atoms with E-state index in [-0.39, 0.29) is 0 Å². The van der Waals surface area contributed by atoms with E-state index in [1.807, 2.05) is 12.1 Å². The lowest BCUT2D eigenvalue weighted by atomic mass is 10.0. The Morgan fingerprint density at radius 1 is 1.20 bits per heavy atom. The van der Waals surface area contributed by atoms with Gasteiger partial charge in [-0.3, -0.25) is 0 Å². The quantitative estimate of drug-likeness (QED) is 0.910. The third-order valence-corrected chi connectivity index (χ3v) is 5.20. The number of nitrogens with zero attached hydrogens (tertiary/aromatic N) is 3. The van der Waals surface area contributed by atoms with Gasteiger partial charge in [0.25, 0.3) is 0 Å². The highest BCUT2D eigenvalue weighted by molar-refractivity contribution is 5.62. The molecular formula is C20H26N4O. The third kappa shape index (κ3) is 3.61. The van der Waals surface area contributed by atoms with Crippen LogP contribution in [-0.2, 0) is 19.4 Å². The number of hydrogen-bond acceptors (Lipinski definition) is 4. The van der Waals surface area contributed by atoms with Crippen molar-refractivity contribution in [1.82, 2.24) is 20.1 Å². The van der Waals surface area contributed by atoms with E-state index in [2.05, 4.69) is 45.2 Å². The van der Waals surface area contributed by atoms with Crippen LogP contribution in [0.3, 0.4) is 0 Å². The first-order chi connectivity index (χ1) is 12.3. The Morgan fingerprint density at radius 3 is 3.08 bits per heavy atom. The second-order valence-electron chi connectivity index (χ2n) is 6.97. The molecule has 0 spiro atoms. The third-order valence-electron chi connectivity index (χ3n) is 5.20. The van der Waals surface area contributed by atoms with Crippen molar-refractivity contribution >= 4 is 6.08 Å². The van der Waals surface area contributed by atoms with Gasteiger partial charge in [-0.05, 0) is 37.5 Å². The van der Waals surface area contributed by atoms with Gasteiger partial charge in [0.1, 0.15) is 24.0 Å². The van der Waals surface area contributed by atoms with Gasteiger partial charge >= 0.3 is 0 Å². The summed E-state index contributed by atoms with van der Waals surface area (Å²) in [5.74, 6) is 3.26. The topological polar surface area (TPSA) is 52.0 Å². The highest BCUT2D eigenvalue weighted by Gasteiger charge is 2.17. The summed E-state index contributed by atoms with van der Waals surface area (Å²) in [4.78, 5) is 0. The van der Waals surface area contributed by atoms with Crippen molar-refractivity contribution in [2.45, 2.75) is 51.6 Å². The normalized spacial score (nSPS) is 17.7. The summed E-state index contributed by atoms with van der Waals surface area (Å²) in [5.41, 5.74) is 2.46. The molecule has 4 rings (SSSR count). The summed E-state index contributed by atoms with van der Waals surface area (Å²) >= 11 is 0. The molecule has 25 heavy (non-hydrogen) atoms. The number of benzene rings is 1. The molecule has 2 aromatic rings. The summed E-state index contributed by atoms with van der Waals surface area (Å²) in [6, 6.07) is 8.49. The molecule has 1 aromatic heterocycles. The van der Waals surface area contributed by atoms with Crippen molar-refractivity contribution in [3.05, 3.63) is 47.1 Å². The lowest BCUT2D eigenvalue weighted by Gasteiger charge is -2.23. The van der Waals surface area contributed by atoms with E-state index >= 15 is 0 Å². The van der Waals surface area contributed by atoms with Crippen LogP contribution in [0.2, 0.25) is 0 Å². The molecule has 5 nitrogen and oxygen atoms in total. The summed E-state index contributed by atoms with van der Waals surface area (Å²) in [7, 11) is 0. The zero-order valence-corrected chi connectivity index (χ0v) is 14.9. The molecule has 5 heteroatoms. The van der Waals surface area contributed by atoms with Crippen LogP contribution in [0.1, 0.15) is 43.4 Å². The molecule has 2 aliphatic heterocycles. The second kappa shape index (κ2) is 7.40. The van der Waals surface area contributed by atoms with Crippen molar-refractivity contribution in [3.8, 4) is 5.75 Å². The van der Waals surface area contributed by atoms with Crippen LogP contribution in [0.25, 0.3) is 6.08 Å². The number of fused-ring (bicyclic) bond motifs is 2. The van der Waals surface area contributed by atoms with Gasteiger partial charge in [0.05, 0.1) is 0 Å². The first kappa shape index (κ1) is 16.3. The molecule has 0 saturated carbocycles. The zero-order chi connectivity index (χ0) is 17.1. The minimum atomic E-state index is 0.292. The van der Waals surface area contributed by atoms with Crippen LogP contribution in [0.5, 0.6) is 5.75 Å². The Balaban J connectivity index is 1.35. The van der Waals surface area contributed by atoms with E-state index in [9.17, 15) is 0 Å². The van der Waals surface area contributed by atoms with Crippen LogP contribution < -0.4 is 10.1 Å². The molecule has 1 atom stereocenters. The minimum absolute atomic E-state index is 0.292. The molecule has 0 saturated heterocycles. The van der Waals surface area contributed by atoms with Crippen molar-refractivity contribution in [3.63, 3.8) is 0 Å². The molecule has 0 radical (unpaired) electrons. The highest BCUT2D eigenvalue weighted by Crippen LogP contribution is 2.26. The molecule has 1 N–H and O–H groups in total. The number of aromatic nitrogens is 3. The predicted octanol–water partition coefficient (Wildman–Crippen LogP) is 3.00. The minimum Gasteiger partial charge on any atom is -0.489 e. The molecule has 1 aromatic carbocycles. The fourth-order valence-electron chi connectivity index (χ4n) is 3.65. The van der Waals surface area contributed by atoms with Crippen LogP contribution in [0.15, 0.2) is 29.8 Å². The Kier molecular flexibility index (Phi) is 4.83. The first-order valence-electron chi connectivity index (χ1n) is 9.38. The molecular weight excluding hydrogens is 312 g/mol. The van der Waals surface area contributed by atoms with Gasteiger partial charge in [-0.2, -0.15) is 0 Å². The van der Waals surface area contributed by atoms with Gasteiger partial charge in [-0.15, -0.1) is 10.2 Å². The first-order valence-corrected chi connectivity index (χ1v) is 9.38. The fourth-order valence-corrected chi connectivity index (χ4v) is 3.65. The largest absolute Gasteiger partial charge is 0.489 e. The van der Waals surface area contributed by atoms with Gasteiger partial charge in [-0.1, -0.05) is 24.6 Å². The Hall–Kier alpha value is -2.14. The maximum atomic E-state index is 5.86. The van der Waals surface area contributed by atoms with Crippen molar-refractivity contribution in [2.24, 2.45) is 0 Å². The van der Waals surface area contributed by atoms with Gasteiger partial charge in [-0.25, -0.2) is 0 Å². The summed E-state index contributed by atoms with van der Waals surface area (Å²) < 4.78 is 8.19. The van der Waals surface area contributed by atoms with Crippen LogP contribution >= 0.6 is 0 Å². The molecule has 0 fully saturated rings. The van der Waals surface area contributed by atoms with Gasteiger partial charge in [0.2, 0.25) is 0 Å². The number of rotatable bonds is 5. The standard InChI is InChI=1S/C20H26N4O/c1-15(17-13-16-7-4-5-8-18(16)25-14-17)21-11-10-20-23-22-19-9-3-2-6-12-24(19)20/h4-5,7-8,13,15,21H,2-3,6,9-12,14H2,1H3. The predicted molar refractivity (Wildman–Crippen MR) is 98.7 cm³/mol. The molecule has 132 valence electrons. The summed E-state index contributed by atoms with van der Waals surface area (Å²) in [6.07, 6.45) is 8.02. The van der Waals surface area contributed by atoms with E-state index < -0.39 is 0 Å². The summed E-state index contributed by atoms with van der Waals surface area (Å²) in [6.45, 7) is 4.83. The monoisotopic (exact) mass is 338 g/mol. The van der Waals surface area contributed by atoms with Gasteiger partial charge < -0.3 is 14.6 Å². The zero-order valence-electron chi connectivity index (χ0n) is 14.9. The molecule has 0 aliphatic carbocycles. The summed E-state index contributed by atoms with van der Waals surface area (Å²) in [5, 5.41) is 12.4. The van der Waals surface area contributed by atoms with E-state index in [0.29, 0.717) is 12.6 Å². The van der Waals surface area contributed by atoms with Crippen molar-refractivity contribution in [1.29, 1.82) is 0 Å². The number of nitrogens with one attached hydrogen (secondary N) is 1. The maximum Gasteiger partial charge on any atom is 0.134 e. The highest BCUT2D eigenvalue weighted by atomic mass is 16.5. The lowest BCUT2D eigenvalue weighted by molar-refractivity contribution is 0.334. The van der Waals surface area contributed by atoms with Gasteiger partial charge in [0.15, 0.2) is 0 Å². The van der Waals surface area contributed by atoms with E-state index in [0.717, 1.165) is 37.5 Å². The molecule has 2 aliphatic rings. The van der Waals surface area contributed by atoms with Crippen LogP contribution in [0.4, 0.5) is 0 Å². The number of ether oxygens (including phenoxy) is 1. The average Bonchev–Trinajstić information content (AvgIpc) is 2.88. The van der Waals surface area contributed by atoms with Crippen molar-refractivity contribution < 1.29 is 4.74 Å². The number of hydrogen-bond donors (Lipinski definition) is 1. The second-order valence-corrected chi connectivity index (χ2v) is 6.97. The van der Waals surface area contributed by atoms with Crippen LogP contribution in [-0.4, -0.2) is 34.0 Å². The Labute approximate surface area is 149 Å². The van der Waals surface area contributed by atoms with E-state index in [1.165, 1.54) is 36.2 Å². The Morgan fingerprint density at radius 2 is 2.12 bits per heavy atom. The lowest BCUT2D eigenvalue weighted by Crippen LogP contribution is -2.33. The van der Waals surface area contributed by atoms with Crippen LogP contribution in [0, 0.1) is 0 Å². The molecule has 3 heterocycles. The average molecular weight is 338 g/mol. The smallest absolute Gasteiger partial charge is 0.134 e. The molecule has 0 amide bonds. The maximum absolute atomic E-state index is 5.86. The number of para-hydroxylation sites is 1. The van der Waals surface area contributed by atoms with Gasteiger partial charge in [0, 0.05) is 37.5 Å². The Bertz CT molecular complexity index is 765. The number of aryl methyl sites for hydroxylation is 1. The molecule has 0 bridgehead atoms. The van der Waals surface area contributed by atoms with Crippen molar-refractivity contribution in [2.75, 3.05) is 13.2 Å². The molecule has 1 unspecified atom stereocenters.